The van der Waals surface area contributed by atoms with Crippen molar-refractivity contribution in [2.45, 2.75) is 20.4 Å². The van der Waals surface area contributed by atoms with Gasteiger partial charge in [0.25, 0.3) is 11.8 Å². The Hall–Kier alpha value is -3.73. The van der Waals surface area contributed by atoms with Crippen LogP contribution in [0.4, 0.5) is 5.69 Å². The van der Waals surface area contributed by atoms with Gasteiger partial charge in [0.1, 0.15) is 5.70 Å². The number of hydrogen-bond acceptors (Lipinski definition) is 4. The van der Waals surface area contributed by atoms with Gasteiger partial charge < -0.3 is 5.32 Å². The minimum atomic E-state index is -0.348. The van der Waals surface area contributed by atoms with Gasteiger partial charge >= 0.3 is 0 Å². The van der Waals surface area contributed by atoms with Crippen molar-refractivity contribution in [2.24, 2.45) is 0 Å². The number of hydrogen-bond donors (Lipinski definition) is 1. The van der Waals surface area contributed by atoms with Crippen LogP contribution in [-0.2, 0) is 16.1 Å². The van der Waals surface area contributed by atoms with Gasteiger partial charge in [-0.2, -0.15) is 0 Å². The van der Waals surface area contributed by atoms with E-state index in [0.29, 0.717) is 17.0 Å². The van der Waals surface area contributed by atoms with E-state index in [4.69, 9.17) is 0 Å². The van der Waals surface area contributed by atoms with E-state index in [9.17, 15) is 9.59 Å². The summed E-state index contributed by atoms with van der Waals surface area (Å²) in [6.45, 7) is 4.09. The second-order valence-electron chi connectivity index (χ2n) is 7.08. The van der Waals surface area contributed by atoms with Gasteiger partial charge in [-0.05, 0) is 49.2 Å². The first kappa shape index (κ1) is 18.6. The quantitative estimate of drug-likeness (QED) is 0.674. The van der Waals surface area contributed by atoms with E-state index in [2.05, 4.69) is 10.3 Å². The summed E-state index contributed by atoms with van der Waals surface area (Å²) in [5.41, 5.74) is 4.92. The first-order valence-corrected chi connectivity index (χ1v) is 9.44. The van der Waals surface area contributed by atoms with Crippen LogP contribution in [0.1, 0.15) is 22.4 Å². The molecule has 29 heavy (non-hydrogen) atoms. The first-order chi connectivity index (χ1) is 14.0. The normalized spacial score (nSPS) is 13.9. The largest absolute Gasteiger partial charge is 0.350 e. The molecule has 0 saturated carbocycles. The van der Waals surface area contributed by atoms with Crippen LogP contribution in [0.15, 0.2) is 78.6 Å². The molecule has 5 heteroatoms. The molecule has 0 unspecified atom stereocenters. The number of benzene rings is 2. The molecule has 0 bridgehead atoms. The van der Waals surface area contributed by atoms with Gasteiger partial charge in [-0.25, -0.2) is 0 Å². The maximum absolute atomic E-state index is 13.3. The van der Waals surface area contributed by atoms with Crippen LogP contribution in [0.5, 0.6) is 0 Å². The van der Waals surface area contributed by atoms with Crippen LogP contribution >= 0.6 is 0 Å². The molecule has 0 radical (unpaired) electrons. The van der Waals surface area contributed by atoms with E-state index in [-0.39, 0.29) is 18.4 Å². The fourth-order valence-electron chi connectivity index (χ4n) is 3.50. The van der Waals surface area contributed by atoms with Crippen molar-refractivity contribution in [3.05, 3.63) is 101 Å². The van der Waals surface area contributed by atoms with Crippen molar-refractivity contribution in [1.82, 2.24) is 9.88 Å². The Morgan fingerprint density at radius 1 is 0.897 bits per heavy atom. The predicted octanol–water partition coefficient (Wildman–Crippen LogP) is 4.09. The van der Waals surface area contributed by atoms with E-state index >= 15 is 0 Å². The highest BCUT2D eigenvalue weighted by Crippen LogP contribution is 2.33. The number of amides is 2. The van der Waals surface area contributed by atoms with Crippen LogP contribution in [0.2, 0.25) is 0 Å². The minimum absolute atomic E-state index is 0.132. The number of para-hydroxylation sites is 1. The molecular formula is C24H21N3O2. The lowest BCUT2D eigenvalue weighted by Gasteiger charge is -2.15. The maximum atomic E-state index is 13.3. The predicted molar refractivity (Wildman–Crippen MR) is 113 cm³/mol. The summed E-state index contributed by atoms with van der Waals surface area (Å²) < 4.78 is 0. The second kappa shape index (κ2) is 7.72. The lowest BCUT2D eigenvalue weighted by atomic mass is 9.97. The van der Waals surface area contributed by atoms with Crippen molar-refractivity contribution in [3.63, 3.8) is 0 Å². The molecule has 0 spiro atoms. The Labute approximate surface area is 169 Å². The number of carbonyl (C=O) groups excluding carboxylic acids is 2. The fourth-order valence-corrected chi connectivity index (χ4v) is 3.50. The van der Waals surface area contributed by atoms with Crippen molar-refractivity contribution in [3.8, 4) is 0 Å². The number of nitrogens with one attached hydrogen (secondary N) is 1. The third-order valence-electron chi connectivity index (χ3n) is 4.91. The first-order valence-electron chi connectivity index (χ1n) is 9.44. The summed E-state index contributed by atoms with van der Waals surface area (Å²) in [5, 5.41) is 3.17. The van der Waals surface area contributed by atoms with Gasteiger partial charge in [-0.15, -0.1) is 0 Å². The highest BCUT2D eigenvalue weighted by Gasteiger charge is 2.39. The molecule has 0 saturated heterocycles. The van der Waals surface area contributed by atoms with Crippen molar-refractivity contribution in [1.29, 1.82) is 0 Å². The third kappa shape index (κ3) is 3.67. The molecule has 1 aliphatic heterocycles. The topological polar surface area (TPSA) is 62.3 Å². The molecule has 2 heterocycles. The van der Waals surface area contributed by atoms with E-state index in [0.717, 1.165) is 22.4 Å². The van der Waals surface area contributed by atoms with Crippen LogP contribution in [0.3, 0.4) is 0 Å². The minimum Gasteiger partial charge on any atom is -0.350 e. The summed E-state index contributed by atoms with van der Waals surface area (Å²) in [6, 6.07) is 20.7. The number of rotatable bonds is 5. The van der Waals surface area contributed by atoms with Crippen molar-refractivity contribution >= 4 is 23.1 Å². The Balaban J connectivity index is 1.78. The lowest BCUT2D eigenvalue weighted by molar-refractivity contribution is -0.137. The summed E-state index contributed by atoms with van der Waals surface area (Å²) in [4.78, 5) is 32.1. The molecule has 0 atom stereocenters. The van der Waals surface area contributed by atoms with Crippen LogP contribution in [-0.4, -0.2) is 21.7 Å². The number of pyridine rings is 1. The van der Waals surface area contributed by atoms with E-state index in [1.165, 1.54) is 4.90 Å². The van der Waals surface area contributed by atoms with E-state index in [1.54, 1.807) is 18.3 Å². The number of aromatic nitrogens is 1. The van der Waals surface area contributed by atoms with E-state index in [1.807, 2.05) is 68.4 Å². The molecule has 0 fully saturated rings. The fraction of sp³-hybridized carbons (Fsp3) is 0.125. The lowest BCUT2D eigenvalue weighted by Crippen LogP contribution is -2.32. The smallest absolute Gasteiger partial charge is 0.278 e. The zero-order chi connectivity index (χ0) is 20.4. The van der Waals surface area contributed by atoms with Gasteiger partial charge in [0.15, 0.2) is 0 Å². The molecule has 1 N–H and O–H groups in total. The van der Waals surface area contributed by atoms with E-state index < -0.39 is 0 Å². The molecule has 2 amide bonds. The Morgan fingerprint density at radius 2 is 1.66 bits per heavy atom. The average Bonchev–Trinajstić information content (AvgIpc) is 2.94. The van der Waals surface area contributed by atoms with Crippen LogP contribution in [0, 0.1) is 13.8 Å². The zero-order valence-electron chi connectivity index (χ0n) is 16.3. The van der Waals surface area contributed by atoms with Crippen LogP contribution in [0.25, 0.3) is 5.57 Å². The Bertz CT molecular complexity index is 1110. The average molecular weight is 383 g/mol. The number of aryl methyl sites for hydroxylation is 2. The monoisotopic (exact) mass is 383 g/mol. The van der Waals surface area contributed by atoms with Gasteiger partial charge in [0, 0.05) is 11.9 Å². The molecule has 1 aromatic heterocycles. The highest BCUT2D eigenvalue weighted by atomic mass is 16.2. The maximum Gasteiger partial charge on any atom is 0.278 e. The number of carbonyl (C=O) groups is 2. The molecule has 5 nitrogen and oxygen atoms in total. The van der Waals surface area contributed by atoms with Gasteiger partial charge in [0.2, 0.25) is 0 Å². The summed E-state index contributed by atoms with van der Waals surface area (Å²) in [7, 11) is 0. The summed E-state index contributed by atoms with van der Waals surface area (Å²) in [6.07, 6.45) is 1.65. The molecule has 3 aromatic rings. The van der Waals surface area contributed by atoms with Crippen molar-refractivity contribution in [2.75, 3.05) is 5.32 Å². The molecular weight excluding hydrogens is 362 g/mol. The van der Waals surface area contributed by atoms with Crippen LogP contribution < -0.4 is 5.32 Å². The highest BCUT2D eigenvalue weighted by molar-refractivity contribution is 6.36. The molecule has 2 aromatic carbocycles. The molecule has 144 valence electrons. The number of nitrogens with zero attached hydrogens (tertiary/aromatic N) is 2. The summed E-state index contributed by atoms with van der Waals surface area (Å²) in [5.74, 6) is -0.662. The molecule has 0 aliphatic carbocycles. The standard InChI is InChI=1S/C24H21N3O2/c1-16-11-12-20(17(2)14-16)21-22(26-18-8-4-3-5-9-18)24(29)27(23(21)28)15-19-10-6-7-13-25-19/h3-14,26H,15H2,1-2H3. The molecule has 1 aliphatic rings. The van der Waals surface area contributed by atoms with Gasteiger partial charge in [-0.1, -0.05) is 48.0 Å². The molecule has 4 rings (SSSR count). The number of imide groups is 1. The van der Waals surface area contributed by atoms with Crippen molar-refractivity contribution < 1.29 is 9.59 Å². The summed E-state index contributed by atoms with van der Waals surface area (Å²) >= 11 is 0. The van der Waals surface area contributed by atoms with Gasteiger partial charge in [0.05, 0.1) is 17.8 Å². The second-order valence-corrected chi connectivity index (χ2v) is 7.08. The third-order valence-corrected chi connectivity index (χ3v) is 4.91. The Morgan fingerprint density at radius 3 is 2.34 bits per heavy atom. The number of anilines is 1. The zero-order valence-corrected chi connectivity index (χ0v) is 16.3. The SMILES string of the molecule is Cc1ccc(C2=C(Nc3ccccc3)C(=O)N(Cc3ccccn3)C2=O)c(C)c1. The van der Waals surface area contributed by atoms with Gasteiger partial charge in [-0.3, -0.25) is 19.5 Å². The Kier molecular flexibility index (Phi) is 4.96.